The van der Waals surface area contributed by atoms with Gasteiger partial charge < -0.3 is 24.8 Å². The second-order valence-corrected chi connectivity index (χ2v) is 6.45. The summed E-state index contributed by atoms with van der Waals surface area (Å²) in [5, 5.41) is 8.32. The molecule has 9 heteroatoms. The van der Waals surface area contributed by atoms with Gasteiger partial charge in [-0.25, -0.2) is 0 Å². The molecule has 160 valence electrons. The van der Waals surface area contributed by atoms with E-state index in [4.69, 9.17) is 26.4 Å². The first kappa shape index (κ1) is 23.3. The lowest BCUT2D eigenvalue weighted by molar-refractivity contribution is 0.0936. The molecular formula is C21H25N3O5S. The van der Waals surface area contributed by atoms with E-state index in [9.17, 15) is 9.59 Å². The molecule has 0 fully saturated rings. The van der Waals surface area contributed by atoms with Crippen molar-refractivity contribution in [2.24, 2.45) is 0 Å². The Morgan fingerprint density at radius 2 is 1.53 bits per heavy atom. The Kier molecular flexibility index (Phi) is 9.72. The number of carbonyl (C=O) groups is 2. The van der Waals surface area contributed by atoms with E-state index in [1.807, 2.05) is 0 Å². The van der Waals surface area contributed by atoms with Crippen LogP contribution >= 0.6 is 12.2 Å². The number of ether oxygens (including phenoxy) is 3. The summed E-state index contributed by atoms with van der Waals surface area (Å²) >= 11 is 5.26. The summed E-state index contributed by atoms with van der Waals surface area (Å²) in [7, 11) is 3.13. The standard InChI is InChI=1S/C21H25N3O5S/c1-27-12-11-22-19(25)15-7-3-5-9-17(15)23-21(30)24-20(26)16-8-4-6-10-18(16)29-14-13-28-2/h3-10H,11-14H2,1-2H3,(H,22,25)(H2,23,24,26,30). The van der Waals surface area contributed by atoms with Gasteiger partial charge in [0.2, 0.25) is 0 Å². The van der Waals surface area contributed by atoms with E-state index in [2.05, 4.69) is 16.0 Å². The van der Waals surface area contributed by atoms with E-state index in [1.54, 1.807) is 62.8 Å². The Balaban J connectivity index is 2.03. The molecule has 0 unspecified atom stereocenters. The van der Waals surface area contributed by atoms with Crippen LogP contribution in [-0.2, 0) is 9.47 Å². The van der Waals surface area contributed by atoms with E-state index in [-0.39, 0.29) is 11.0 Å². The third-order valence-corrected chi connectivity index (χ3v) is 4.12. The number of thiocarbonyl (C=S) groups is 1. The number of benzene rings is 2. The van der Waals surface area contributed by atoms with Gasteiger partial charge >= 0.3 is 0 Å². The normalized spacial score (nSPS) is 10.2. The summed E-state index contributed by atoms with van der Waals surface area (Å²) in [5.74, 6) is -0.281. The van der Waals surface area contributed by atoms with Crippen LogP contribution in [0.15, 0.2) is 48.5 Å². The predicted molar refractivity (Wildman–Crippen MR) is 118 cm³/mol. The van der Waals surface area contributed by atoms with Crippen molar-refractivity contribution in [3.05, 3.63) is 59.7 Å². The lowest BCUT2D eigenvalue weighted by atomic mass is 10.1. The number of nitrogens with one attached hydrogen (secondary N) is 3. The second kappa shape index (κ2) is 12.5. The van der Waals surface area contributed by atoms with Crippen LogP contribution in [0.25, 0.3) is 0 Å². The monoisotopic (exact) mass is 431 g/mol. The smallest absolute Gasteiger partial charge is 0.261 e. The first-order valence-electron chi connectivity index (χ1n) is 9.26. The molecule has 0 aliphatic rings. The van der Waals surface area contributed by atoms with E-state index < -0.39 is 5.91 Å². The number of methoxy groups -OCH3 is 2. The van der Waals surface area contributed by atoms with E-state index in [0.29, 0.717) is 48.9 Å². The van der Waals surface area contributed by atoms with Crippen molar-refractivity contribution in [3.63, 3.8) is 0 Å². The Hall–Kier alpha value is -3.01. The average molecular weight is 432 g/mol. The summed E-state index contributed by atoms with van der Waals surface area (Å²) in [6, 6.07) is 13.7. The molecule has 2 aromatic rings. The highest BCUT2D eigenvalue weighted by Crippen LogP contribution is 2.18. The molecule has 8 nitrogen and oxygen atoms in total. The van der Waals surface area contributed by atoms with E-state index in [1.165, 1.54) is 0 Å². The minimum atomic E-state index is -0.428. The molecule has 0 aliphatic heterocycles. The van der Waals surface area contributed by atoms with Gasteiger partial charge in [-0.05, 0) is 36.5 Å². The Labute approximate surface area is 180 Å². The molecule has 2 amide bonds. The van der Waals surface area contributed by atoms with Crippen molar-refractivity contribution in [3.8, 4) is 5.75 Å². The molecule has 0 saturated heterocycles. The first-order valence-corrected chi connectivity index (χ1v) is 9.67. The van der Waals surface area contributed by atoms with Crippen molar-refractivity contribution < 1.29 is 23.8 Å². The Morgan fingerprint density at radius 3 is 2.27 bits per heavy atom. The van der Waals surface area contributed by atoms with Gasteiger partial charge in [0.1, 0.15) is 12.4 Å². The topological polar surface area (TPSA) is 97.9 Å². The lowest BCUT2D eigenvalue weighted by Crippen LogP contribution is -2.35. The molecule has 0 aromatic heterocycles. The van der Waals surface area contributed by atoms with Crippen LogP contribution in [0.1, 0.15) is 20.7 Å². The van der Waals surface area contributed by atoms with Crippen LogP contribution < -0.4 is 20.7 Å². The summed E-state index contributed by atoms with van der Waals surface area (Å²) in [6.45, 7) is 1.50. The number of para-hydroxylation sites is 2. The van der Waals surface area contributed by atoms with Gasteiger partial charge in [0.25, 0.3) is 11.8 Å². The van der Waals surface area contributed by atoms with Gasteiger partial charge in [0.15, 0.2) is 5.11 Å². The molecule has 0 atom stereocenters. The second-order valence-electron chi connectivity index (χ2n) is 6.04. The quantitative estimate of drug-likeness (QED) is 0.392. The maximum absolute atomic E-state index is 12.6. The Morgan fingerprint density at radius 1 is 0.867 bits per heavy atom. The molecule has 30 heavy (non-hydrogen) atoms. The molecule has 0 aliphatic carbocycles. The molecule has 0 saturated carbocycles. The zero-order chi connectivity index (χ0) is 21.8. The number of hydrogen-bond donors (Lipinski definition) is 3. The molecule has 0 spiro atoms. The number of hydrogen-bond acceptors (Lipinski definition) is 6. The fourth-order valence-electron chi connectivity index (χ4n) is 2.49. The maximum atomic E-state index is 12.6. The molecule has 2 rings (SSSR count). The Bertz CT molecular complexity index is 875. The molecule has 0 radical (unpaired) electrons. The zero-order valence-electron chi connectivity index (χ0n) is 16.9. The van der Waals surface area contributed by atoms with Gasteiger partial charge in [-0.15, -0.1) is 0 Å². The highest BCUT2D eigenvalue weighted by atomic mass is 32.1. The molecule has 3 N–H and O–H groups in total. The van der Waals surface area contributed by atoms with Gasteiger partial charge in [-0.2, -0.15) is 0 Å². The number of carbonyl (C=O) groups excluding carboxylic acids is 2. The average Bonchev–Trinajstić information content (AvgIpc) is 2.74. The molecule has 0 bridgehead atoms. The summed E-state index contributed by atoms with van der Waals surface area (Å²) in [5.41, 5.74) is 1.21. The minimum absolute atomic E-state index is 0.0591. The van der Waals surface area contributed by atoms with Crippen molar-refractivity contribution in [1.82, 2.24) is 10.6 Å². The van der Waals surface area contributed by atoms with E-state index in [0.717, 1.165) is 0 Å². The third kappa shape index (κ3) is 7.11. The van der Waals surface area contributed by atoms with Crippen LogP contribution in [0.4, 0.5) is 5.69 Å². The zero-order valence-corrected chi connectivity index (χ0v) is 17.7. The van der Waals surface area contributed by atoms with Gasteiger partial charge in [0, 0.05) is 20.8 Å². The van der Waals surface area contributed by atoms with Crippen LogP contribution in [-0.4, -0.2) is 57.5 Å². The number of anilines is 1. The summed E-state index contributed by atoms with van der Waals surface area (Å²) in [4.78, 5) is 25.0. The largest absolute Gasteiger partial charge is 0.490 e. The van der Waals surface area contributed by atoms with Crippen LogP contribution in [0, 0.1) is 0 Å². The molecular weight excluding hydrogens is 406 g/mol. The van der Waals surface area contributed by atoms with Gasteiger partial charge in [-0.1, -0.05) is 24.3 Å². The number of rotatable bonds is 10. The van der Waals surface area contributed by atoms with Crippen molar-refractivity contribution >= 4 is 34.8 Å². The fraction of sp³-hybridized carbons (Fsp3) is 0.286. The van der Waals surface area contributed by atoms with Gasteiger partial charge in [-0.3, -0.25) is 14.9 Å². The van der Waals surface area contributed by atoms with Crippen LogP contribution in [0.2, 0.25) is 0 Å². The highest BCUT2D eigenvalue weighted by Gasteiger charge is 2.16. The molecule has 0 heterocycles. The fourth-order valence-corrected chi connectivity index (χ4v) is 2.69. The minimum Gasteiger partial charge on any atom is -0.490 e. The van der Waals surface area contributed by atoms with Gasteiger partial charge in [0.05, 0.1) is 30.0 Å². The predicted octanol–water partition coefficient (Wildman–Crippen LogP) is 2.21. The third-order valence-electron chi connectivity index (χ3n) is 3.92. The summed E-state index contributed by atoms with van der Waals surface area (Å²) in [6.07, 6.45) is 0. The van der Waals surface area contributed by atoms with Crippen LogP contribution in [0.3, 0.4) is 0 Å². The SMILES string of the molecule is COCCNC(=O)c1ccccc1NC(=S)NC(=O)c1ccccc1OCCOC. The summed E-state index contributed by atoms with van der Waals surface area (Å²) < 4.78 is 15.5. The van der Waals surface area contributed by atoms with Crippen molar-refractivity contribution in [1.29, 1.82) is 0 Å². The van der Waals surface area contributed by atoms with Crippen molar-refractivity contribution in [2.45, 2.75) is 0 Å². The van der Waals surface area contributed by atoms with Crippen molar-refractivity contribution in [2.75, 3.05) is 45.9 Å². The lowest BCUT2D eigenvalue weighted by Gasteiger charge is -2.15. The highest BCUT2D eigenvalue weighted by molar-refractivity contribution is 7.80. The molecule has 2 aromatic carbocycles. The first-order chi connectivity index (χ1) is 14.6. The van der Waals surface area contributed by atoms with Crippen LogP contribution in [0.5, 0.6) is 5.75 Å². The number of amides is 2. The van der Waals surface area contributed by atoms with E-state index >= 15 is 0 Å². The maximum Gasteiger partial charge on any atom is 0.261 e.